The lowest BCUT2D eigenvalue weighted by molar-refractivity contribution is 0.0730. The summed E-state index contributed by atoms with van der Waals surface area (Å²) in [6.07, 6.45) is 0. The topological polar surface area (TPSA) is 58.2 Å². The molecule has 1 N–H and O–H groups in total. The number of aromatic nitrogens is 2. The number of hydrogen-bond acceptors (Lipinski definition) is 3. The third kappa shape index (κ3) is 3.65. The minimum absolute atomic E-state index is 0.0662. The highest BCUT2D eigenvalue weighted by Gasteiger charge is 2.42. The Labute approximate surface area is 191 Å². The number of ether oxygens (including phenoxy) is 1. The average molecular weight is 444 g/mol. The molecule has 5 nitrogen and oxygen atoms in total. The quantitative estimate of drug-likeness (QED) is 0.405. The van der Waals surface area contributed by atoms with Crippen LogP contribution in [0.3, 0.4) is 0 Å². The summed E-state index contributed by atoms with van der Waals surface area (Å²) in [4.78, 5) is 15.4. The van der Waals surface area contributed by atoms with Gasteiger partial charge in [-0.2, -0.15) is 5.10 Å². The zero-order valence-electron chi connectivity index (χ0n) is 17.6. The van der Waals surface area contributed by atoms with Crippen LogP contribution in [0.4, 0.5) is 0 Å². The van der Waals surface area contributed by atoms with Crippen molar-refractivity contribution in [1.82, 2.24) is 15.1 Å². The first-order valence-corrected chi connectivity index (χ1v) is 11.0. The van der Waals surface area contributed by atoms with Gasteiger partial charge in [0.25, 0.3) is 5.91 Å². The second-order valence-corrected chi connectivity index (χ2v) is 8.13. The Morgan fingerprint density at radius 1 is 1.00 bits per heavy atom. The van der Waals surface area contributed by atoms with Crippen LogP contribution in [-0.4, -0.2) is 27.6 Å². The van der Waals surface area contributed by atoms with E-state index in [1.165, 1.54) is 0 Å². The molecule has 1 amide bonds. The molecule has 3 aromatic carbocycles. The highest BCUT2D eigenvalue weighted by molar-refractivity contribution is 6.30. The van der Waals surface area contributed by atoms with Crippen LogP contribution < -0.4 is 4.74 Å². The van der Waals surface area contributed by atoms with Gasteiger partial charge in [0.15, 0.2) is 0 Å². The number of hydrogen-bond donors (Lipinski definition) is 1. The number of rotatable bonds is 6. The average Bonchev–Trinajstić information content (AvgIpc) is 3.36. The number of benzene rings is 3. The first-order chi connectivity index (χ1) is 15.7. The van der Waals surface area contributed by atoms with Gasteiger partial charge in [-0.05, 0) is 42.3 Å². The number of carbonyl (C=O) groups is 1. The number of halogens is 1. The van der Waals surface area contributed by atoms with E-state index < -0.39 is 0 Å². The Hall–Kier alpha value is -3.57. The molecule has 5 rings (SSSR count). The van der Waals surface area contributed by atoms with Crippen molar-refractivity contribution in [3.8, 4) is 17.0 Å². The number of nitrogens with zero attached hydrogens (tertiary/aromatic N) is 2. The second kappa shape index (κ2) is 8.52. The van der Waals surface area contributed by atoms with Gasteiger partial charge in [0.05, 0.1) is 18.3 Å². The fourth-order valence-electron chi connectivity index (χ4n) is 4.22. The fraction of sp³-hybridized carbons (Fsp3) is 0.154. The fourth-order valence-corrected chi connectivity index (χ4v) is 4.35. The maximum atomic E-state index is 13.5. The minimum Gasteiger partial charge on any atom is -0.494 e. The van der Waals surface area contributed by atoms with Crippen molar-refractivity contribution in [2.75, 3.05) is 6.61 Å². The van der Waals surface area contributed by atoms with E-state index in [1.54, 1.807) is 0 Å². The lowest BCUT2D eigenvalue weighted by Crippen LogP contribution is -2.29. The van der Waals surface area contributed by atoms with Crippen LogP contribution in [0, 0.1) is 0 Å². The molecule has 0 saturated carbocycles. The van der Waals surface area contributed by atoms with Crippen LogP contribution in [0.15, 0.2) is 78.9 Å². The van der Waals surface area contributed by atoms with Crippen molar-refractivity contribution in [1.29, 1.82) is 0 Å². The number of nitrogens with one attached hydrogen (secondary N) is 1. The van der Waals surface area contributed by atoms with Gasteiger partial charge in [0.1, 0.15) is 11.4 Å². The molecule has 1 aliphatic rings. The number of aromatic amines is 1. The van der Waals surface area contributed by atoms with Gasteiger partial charge in [0.2, 0.25) is 0 Å². The Balaban J connectivity index is 1.60. The van der Waals surface area contributed by atoms with E-state index in [2.05, 4.69) is 10.2 Å². The normalized spacial score (nSPS) is 15.1. The molecule has 4 aromatic rings. The molecule has 2 heterocycles. The lowest BCUT2D eigenvalue weighted by Gasteiger charge is -2.26. The first kappa shape index (κ1) is 20.3. The summed E-state index contributed by atoms with van der Waals surface area (Å²) in [5.41, 5.74) is 5.23. The van der Waals surface area contributed by atoms with Gasteiger partial charge < -0.3 is 9.64 Å². The van der Waals surface area contributed by atoms with Crippen molar-refractivity contribution in [3.63, 3.8) is 0 Å². The number of carbonyl (C=O) groups excluding carboxylic acids is 1. The maximum absolute atomic E-state index is 13.5. The summed E-state index contributed by atoms with van der Waals surface area (Å²) in [6, 6.07) is 25.2. The Bertz CT molecular complexity index is 1230. The van der Waals surface area contributed by atoms with Crippen molar-refractivity contribution in [2.24, 2.45) is 0 Å². The van der Waals surface area contributed by atoms with Crippen LogP contribution in [0.25, 0.3) is 11.3 Å². The highest BCUT2D eigenvalue weighted by atomic mass is 35.5. The number of H-pyrrole nitrogens is 1. The monoisotopic (exact) mass is 443 g/mol. The zero-order chi connectivity index (χ0) is 22.1. The van der Waals surface area contributed by atoms with E-state index >= 15 is 0 Å². The summed E-state index contributed by atoms with van der Waals surface area (Å²) in [5, 5.41) is 8.20. The van der Waals surface area contributed by atoms with Crippen molar-refractivity contribution in [3.05, 3.63) is 106 Å². The predicted octanol–water partition coefficient (Wildman–Crippen LogP) is 5.87. The van der Waals surface area contributed by atoms with Crippen LogP contribution in [0.1, 0.15) is 40.1 Å². The summed E-state index contributed by atoms with van der Waals surface area (Å²) < 4.78 is 5.61. The Kier molecular flexibility index (Phi) is 5.41. The smallest absolute Gasteiger partial charge is 0.273 e. The summed E-state index contributed by atoms with van der Waals surface area (Å²) in [6.45, 7) is 3.03. The molecule has 0 radical (unpaired) electrons. The van der Waals surface area contributed by atoms with Crippen LogP contribution in [-0.2, 0) is 6.54 Å². The maximum Gasteiger partial charge on any atom is 0.273 e. The molecule has 1 atom stereocenters. The first-order valence-electron chi connectivity index (χ1n) is 10.6. The van der Waals surface area contributed by atoms with E-state index in [9.17, 15) is 4.79 Å². The number of fused-ring (bicyclic) bond motifs is 1. The Morgan fingerprint density at radius 3 is 2.41 bits per heavy atom. The summed E-state index contributed by atoms with van der Waals surface area (Å²) >= 11 is 6.06. The molecule has 0 spiro atoms. The van der Waals surface area contributed by atoms with E-state index in [0.717, 1.165) is 33.7 Å². The van der Waals surface area contributed by atoms with Crippen LogP contribution in [0.2, 0.25) is 5.02 Å². The predicted molar refractivity (Wildman–Crippen MR) is 125 cm³/mol. The highest BCUT2D eigenvalue weighted by Crippen LogP contribution is 2.43. The minimum atomic E-state index is -0.266. The number of amides is 1. The molecule has 6 heteroatoms. The third-order valence-electron chi connectivity index (χ3n) is 5.68. The van der Waals surface area contributed by atoms with Gasteiger partial charge >= 0.3 is 0 Å². The zero-order valence-corrected chi connectivity index (χ0v) is 18.3. The van der Waals surface area contributed by atoms with Gasteiger partial charge in [0, 0.05) is 22.7 Å². The second-order valence-electron chi connectivity index (χ2n) is 7.69. The van der Waals surface area contributed by atoms with Crippen molar-refractivity contribution in [2.45, 2.75) is 19.5 Å². The van der Waals surface area contributed by atoms with E-state index in [0.29, 0.717) is 23.9 Å². The SMILES string of the molecule is CCOc1ccc(C2c3c(-c4ccccc4)n[nH]c3C(=O)N2Cc2ccc(Cl)cc2)cc1. The van der Waals surface area contributed by atoms with Gasteiger partial charge in [-0.15, -0.1) is 0 Å². The van der Waals surface area contributed by atoms with Gasteiger partial charge in [-0.3, -0.25) is 9.89 Å². The van der Waals surface area contributed by atoms with Crippen molar-refractivity contribution < 1.29 is 9.53 Å². The van der Waals surface area contributed by atoms with Crippen molar-refractivity contribution >= 4 is 17.5 Å². The standard InChI is InChI=1S/C26H22ClN3O2/c1-2-32-21-14-10-19(11-15-21)25-22-23(18-6-4-3-5-7-18)28-29-24(22)26(31)30(25)16-17-8-12-20(27)13-9-17/h3-15,25H,2,16H2,1H3,(H,28,29). The molecule has 0 aliphatic carbocycles. The Morgan fingerprint density at radius 2 is 1.72 bits per heavy atom. The van der Waals surface area contributed by atoms with Crippen LogP contribution >= 0.6 is 11.6 Å². The summed E-state index contributed by atoms with van der Waals surface area (Å²) in [5.74, 6) is 0.740. The van der Waals surface area contributed by atoms with Gasteiger partial charge in [-0.1, -0.05) is 66.2 Å². The molecule has 32 heavy (non-hydrogen) atoms. The molecular formula is C26H22ClN3O2. The molecule has 160 valence electrons. The molecule has 1 aromatic heterocycles. The molecule has 1 unspecified atom stereocenters. The van der Waals surface area contributed by atoms with Gasteiger partial charge in [-0.25, -0.2) is 0 Å². The largest absolute Gasteiger partial charge is 0.494 e. The van der Waals surface area contributed by atoms with E-state index in [4.69, 9.17) is 16.3 Å². The third-order valence-corrected chi connectivity index (χ3v) is 5.94. The molecular weight excluding hydrogens is 422 g/mol. The van der Waals surface area contributed by atoms with Crippen LogP contribution in [0.5, 0.6) is 5.75 Å². The molecule has 0 saturated heterocycles. The summed E-state index contributed by atoms with van der Waals surface area (Å²) in [7, 11) is 0. The van der Waals surface area contributed by atoms with E-state index in [1.807, 2.05) is 90.7 Å². The van der Waals surface area contributed by atoms with E-state index in [-0.39, 0.29) is 11.9 Å². The molecule has 1 aliphatic heterocycles. The lowest BCUT2D eigenvalue weighted by atomic mass is 9.96. The molecule has 0 bridgehead atoms. The molecule has 0 fully saturated rings.